The Morgan fingerprint density at radius 1 is 0.880 bits per heavy atom. The zero-order valence-electron chi connectivity index (χ0n) is 13.9. The van der Waals surface area contributed by atoms with Gasteiger partial charge in [-0.25, -0.2) is 0 Å². The molecule has 2 aromatic carbocycles. The molecule has 2 unspecified atom stereocenters. The second-order valence-corrected chi connectivity index (χ2v) is 8.52. The molecule has 0 saturated carbocycles. The van der Waals surface area contributed by atoms with E-state index in [1.54, 1.807) is 24.3 Å². The molecule has 0 bridgehead atoms. The third-order valence-corrected chi connectivity index (χ3v) is 6.65. The van der Waals surface area contributed by atoms with Gasteiger partial charge in [-0.15, -0.1) is 0 Å². The summed E-state index contributed by atoms with van der Waals surface area (Å²) in [7, 11) is -11.1. The van der Waals surface area contributed by atoms with Crippen LogP contribution in [0, 0.1) is 0 Å². The van der Waals surface area contributed by atoms with Gasteiger partial charge in [0.1, 0.15) is 0 Å². The van der Waals surface area contributed by atoms with Crippen molar-refractivity contribution in [2.45, 2.75) is 9.87 Å². The van der Waals surface area contributed by atoms with Crippen LogP contribution in [-0.4, -0.2) is 41.1 Å². The molecular formula is C14H13NaO8S2. The maximum atomic E-state index is 11.8. The van der Waals surface area contributed by atoms with Gasteiger partial charge in [0.2, 0.25) is 0 Å². The molecule has 4 N–H and O–H groups in total. The molecule has 0 heterocycles. The molecule has 0 radical (unpaired) electrons. The summed E-state index contributed by atoms with van der Waals surface area (Å²) < 4.78 is 65.5. The van der Waals surface area contributed by atoms with Crippen LogP contribution in [-0.2, 0) is 25.2 Å². The zero-order chi connectivity index (χ0) is 18.0. The SMILES string of the molecule is O=S(=O)(O)C1(O)C=Cc2cc3ccccc3cc2C1(O)S(=O)(=O)O.[H-].[Na+]. The molecule has 1 aliphatic carbocycles. The number of benzene rings is 2. The number of fused-ring (bicyclic) bond motifs is 2. The average Bonchev–Trinajstić information content (AvgIpc) is 2.47. The molecule has 11 heteroatoms. The van der Waals surface area contributed by atoms with Crippen molar-refractivity contribution >= 4 is 37.1 Å². The summed E-state index contributed by atoms with van der Waals surface area (Å²) in [5, 5.41) is 21.9. The van der Waals surface area contributed by atoms with E-state index in [1.807, 2.05) is 0 Å². The van der Waals surface area contributed by atoms with Crippen molar-refractivity contribution in [3.05, 3.63) is 53.6 Å². The third-order valence-electron chi connectivity index (χ3n) is 4.02. The molecule has 0 amide bonds. The normalized spacial score (nSPS) is 26.1. The third kappa shape index (κ3) is 2.78. The van der Waals surface area contributed by atoms with Gasteiger partial charge in [-0.3, -0.25) is 9.11 Å². The Balaban J connectivity index is 0.00000169. The molecule has 0 saturated heterocycles. The second kappa shape index (κ2) is 6.12. The Morgan fingerprint density at radius 2 is 1.40 bits per heavy atom. The van der Waals surface area contributed by atoms with E-state index in [9.17, 15) is 36.2 Å². The van der Waals surface area contributed by atoms with E-state index in [2.05, 4.69) is 0 Å². The average molecular weight is 396 g/mol. The van der Waals surface area contributed by atoms with Crippen molar-refractivity contribution in [1.29, 1.82) is 0 Å². The Bertz CT molecular complexity index is 1100. The van der Waals surface area contributed by atoms with Crippen LogP contribution < -0.4 is 29.6 Å². The minimum absolute atomic E-state index is 0. The van der Waals surface area contributed by atoms with Crippen LogP contribution in [0.5, 0.6) is 0 Å². The quantitative estimate of drug-likeness (QED) is 0.324. The summed E-state index contributed by atoms with van der Waals surface area (Å²) in [5.41, 5.74) is -0.520. The van der Waals surface area contributed by atoms with Crippen molar-refractivity contribution in [2.75, 3.05) is 0 Å². The first kappa shape index (κ1) is 20.5. The Hall–Kier alpha value is -0.820. The molecule has 0 spiro atoms. The van der Waals surface area contributed by atoms with Gasteiger partial charge in [0.25, 0.3) is 9.87 Å². The van der Waals surface area contributed by atoms with Crippen LogP contribution in [0.4, 0.5) is 0 Å². The van der Waals surface area contributed by atoms with Crippen molar-refractivity contribution in [3.8, 4) is 0 Å². The van der Waals surface area contributed by atoms with Crippen molar-refractivity contribution in [1.82, 2.24) is 0 Å². The Labute approximate surface area is 167 Å². The zero-order valence-corrected chi connectivity index (χ0v) is 16.5. The van der Waals surface area contributed by atoms with Crippen LogP contribution in [0.25, 0.3) is 16.8 Å². The van der Waals surface area contributed by atoms with E-state index in [0.717, 1.165) is 12.1 Å². The number of hydrogen-bond acceptors (Lipinski definition) is 6. The predicted molar refractivity (Wildman–Crippen MR) is 86.0 cm³/mol. The van der Waals surface area contributed by atoms with Crippen LogP contribution in [0.1, 0.15) is 12.6 Å². The first-order valence-electron chi connectivity index (χ1n) is 6.53. The molecular weight excluding hydrogens is 383 g/mol. The molecule has 0 aliphatic heterocycles. The summed E-state index contributed by atoms with van der Waals surface area (Å²) in [5.74, 6) is 0. The number of hydrogen-bond donors (Lipinski definition) is 4. The monoisotopic (exact) mass is 396 g/mol. The van der Waals surface area contributed by atoms with Gasteiger partial charge in [-0.05, 0) is 34.5 Å². The second-order valence-electron chi connectivity index (χ2n) is 5.41. The molecule has 0 fully saturated rings. The van der Waals surface area contributed by atoms with E-state index in [4.69, 9.17) is 0 Å². The molecule has 8 nitrogen and oxygen atoms in total. The van der Waals surface area contributed by atoms with Crippen LogP contribution in [0.3, 0.4) is 0 Å². The summed E-state index contributed by atoms with van der Waals surface area (Å²) >= 11 is 0. The van der Waals surface area contributed by atoms with Crippen molar-refractivity contribution < 1.29 is 67.1 Å². The van der Waals surface area contributed by atoms with E-state index >= 15 is 0 Å². The maximum absolute atomic E-state index is 11.8. The fraction of sp³-hybridized carbons (Fsp3) is 0.143. The molecule has 130 valence electrons. The smallest absolute Gasteiger partial charge is 1.00 e. The van der Waals surface area contributed by atoms with E-state index < -0.39 is 35.7 Å². The Morgan fingerprint density at radius 3 is 1.88 bits per heavy atom. The topological polar surface area (TPSA) is 149 Å². The van der Waals surface area contributed by atoms with Crippen molar-refractivity contribution in [2.24, 2.45) is 0 Å². The van der Waals surface area contributed by atoms with Crippen LogP contribution in [0.15, 0.2) is 42.5 Å². The predicted octanol–water partition coefficient (Wildman–Crippen LogP) is -2.41. The van der Waals surface area contributed by atoms with Gasteiger partial charge in [0.05, 0.1) is 0 Å². The number of aliphatic hydroxyl groups is 2. The summed E-state index contributed by atoms with van der Waals surface area (Å²) in [6, 6.07) is 9.16. The minimum Gasteiger partial charge on any atom is -1.00 e. The van der Waals surface area contributed by atoms with Crippen LogP contribution >= 0.6 is 0 Å². The fourth-order valence-electron chi connectivity index (χ4n) is 2.78. The van der Waals surface area contributed by atoms with Gasteiger partial charge >= 0.3 is 49.8 Å². The molecule has 1 aliphatic rings. The summed E-state index contributed by atoms with van der Waals surface area (Å²) in [4.78, 5) is -7.38. The van der Waals surface area contributed by atoms with Crippen molar-refractivity contribution in [3.63, 3.8) is 0 Å². The van der Waals surface area contributed by atoms with E-state index in [0.29, 0.717) is 16.8 Å². The van der Waals surface area contributed by atoms with E-state index in [-0.39, 0.29) is 36.5 Å². The van der Waals surface area contributed by atoms with Gasteiger partial charge in [0.15, 0.2) is 0 Å². The summed E-state index contributed by atoms with van der Waals surface area (Å²) in [6.45, 7) is 0. The first-order valence-corrected chi connectivity index (χ1v) is 9.41. The summed E-state index contributed by atoms with van der Waals surface area (Å²) in [6.07, 6.45) is 1.45. The molecule has 2 aromatic rings. The largest absolute Gasteiger partial charge is 1.00 e. The maximum Gasteiger partial charge on any atom is 1.00 e. The van der Waals surface area contributed by atoms with Gasteiger partial charge in [-0.1, -0.05) is 30.3 Å². The molecule has 2 atom stereocenters. The van der Waals surface area contributed by atoms with E-state index in [1.165, 1.54) is 6.07 Å². The first-order chi connectivity index (χ1) is 10.9. The molecule has 3 rings (SSSR count). The minimum atomic E-state index is -5.58. The van der Waals surface area contributed by atoms with Gasteiger partial charge < -0.3 is 11.6 Å². The van der Waals surface area contributed by atoms with Gasteiger partial charge in [0, 0.05) is 5.56 Å². The van der Waals surface area contributed by atoms with Gasteiger partial charge in [-0.2, -0.15) is 16.8 Å². The fourth-order valence-corrected chi connectivity index (χ4v) is 5.01. The Kier molecular flexibility index (Phi) is 5.01. The standard InChI is InChI=1S/C14H12O8S2.Na.H/c15-13(23(17,18)19)6-5-11-7-9-3-1-2-4-10(9)8-12(11)14(13,16)24(20,21)22;;/h1-8,15-16H,(H,17,18,19)(H,20,21,22);;/q;+1;-1. The molecule has 0 aromatic heterocycles. The number of rotatable bonds is 2. The van der Waals surface area contributed by atoms with Crippen LogP contribution in [0.2, 0.25) is 0 Å². The molecule has 25 heavy (non-hydrogen) atoms.